The molecule has 0 atom stereocenters. The molecular formula is C13H30N2O3S. The van der Waals surface area contributed by atoms with Crippen molar-refractivity contribution in [1.82, 2.24) is 10.0 Å². The largest absolute Gasteiger partial charge is 0.380 e. The zero-order valence-corrected chi connectivity index (χ0v) is 13.4. The maximum Gasteiger partial charge on any atom is 0.211 e. The van der Waals surface area contributed by atoms with Gasteiger partial charge in [-0.15, -0.1) is 0 Å². The van der Waals surface area contributed by atoms with Gasteiger partial charge < -0.3 is 10.1 Å². The van der Waals surface area contributed by atoms with Crippen molar-refractivity contribution in [3.05, 3.63) is 0 Å². The smallest absolute Gasteiger partial charge is 0.211 e. The molecule has 0 aromatic heterocycles. The van der Waals surface area contributed by atoms with Gasteiger partial charge in [0, 0.05) is 19.2 Å². The van der Waals surface area contributed by atoms with E-state index in [-0.39, 0.29) is 5.75 Å². The van der Waals surface area contributed by atoms with E-state index in [4.69, 9.17) is 4.74 Å². The highest BCUT2D eigenvalue weighted by atomic mass is 32.2. The van der Waals surface area contributed by atoms with E-state index in [1.54, 1.807) is 0 Å². The van der Waals surface area contributed by atoms with E-state index < -0.39 is 10.0 Å². The van der Waals surface area contributed by atoms with Crippen LogP contribution in [0.15, 0.2) is 0 Å². The molecule has 0 aliphatic rings. The number of hydrogen-bond acceptors (Lipinski definition) is 4. The predicted molar refractivity (Wildman–Crippen MR) is 79.9 cm³/mol. The molecule has 116 valence electrons. The normalized spacial score (nSPS) is 12.2. The summed E-state index contributed by atoms with van der Waals surface area (Å²) in [4.78, 5) is 0. The summed E-state index contributed by atoms with van der Waals surface area (Å²) in [5, 5.41) is 3.27. The average molecular weight is 294 g/mol. The van der Waals surface area contributed by atoms with Crippen LogP contribution in [0.2, 0.25) is 0 Å². The Hall–Kier alpha value is -0.170. The van der Waals surface area contributed by atoms with Crippen molar-refractivity contribution in [3.8, 4) is 0 Å². The topological polar surface area (TPSA) is 67.4 Å². The Morgan fingerprint density at radius 2 is 1.79 bits per heavy atom. The van der Waals surface area contributed by atoms with Gasteiger partial charge in [0.2, 0.25) is 10.0 Å². The lowest BCUT2D eigenvalue weighted by molar-refractivity contribution is 0.136. The van der Waals surface area contributed by atoms with Crippen molar-refractivity contribution in [2.75, 3.05) is 32.1 Å². The summed E-state index contributed by atoms with van der Waals surface area (Å²) in [7, 11) is -3.13. The van der Waals surface area contributed by atoms with Gasteiger partial charge in [-0.3, -0.25) is 0 Å². The van der Waals surface area contributed by atoms with Crippen molar-refractivity contribution in [2.24, 2.45) is 0 Å². The number of rotatable bonds is 13. The maximum absolute atomic E-state index is 11.6. The van der Waals surface area contributed by atoms with E-state index in [1.807, 2.05) is 0 Å². The number of nitrogens with one attached hydrogen (secondary N) is 2. The van der Waals surface area contributed by atoms with Crippen molar-refractivity contribution in [3.63, 3.8) is 0 Å². The molecule has 19 heavy (non-hydrogen) atoms. The van der Waals surface area contributed by atoms with Crippen molar-refractivity contribution >= 4 is 10.0 Å². The Morgan fingerprint density at radius 1 is 1.05 bits per heavy atom. The van der Waals surface area contributed by atoms with Crippen LogP contribution in [0.3, 0.4) is 0 Å². The molecule has 0 saturated heterocycles. The second kappa shape index (κ2) is 11.6. The van der Waals surface area contributed by atoms with Gasteiger partial charge in [0.15, 0.2) is 0 Å². The molecule has 5 nitrogen and oxygen atoms in total. The van der Waals surface area contributed by atoms with Crippen LogP contribution in [0.5, 0.6) is 0 Å². The standard InChI is InChI=1S/C13H30N2O3S/c1-4-5-10-18-11-9-15-19(16,17)12-7-6-8-14-13(2)3/h13-15H,4-12H2,1-3H3. The SMILES string of the molecule is CCCCOCCNS(=O)(=O)CCCCNC(C)C. The second-order valence-corrected chi connectivity index (χ2v) is 6.92. The first kappa shape index (κ1) is 18.8. The summed E-state index contributed by atoms with van der Waals surface area (Å²) < 4.78 is 31.1. The Kier molecular flexibility index (Phi) is 11.5. The van der Waals surface area contributed by atoms with Gasteiger partial charge >= 0.3 is 0 Å². The summed E-state index contributed by atoms with van der Waals surface area (Å²) in [5.74, 6) is 0.196. The van der Waals surface area contributed by atoms with Crippen LogP contribution in [-0.2, 0) is 14.8 Å². The maximum atomic E-state index is 11.6. The third kappa shape index (κ3) is 14.1. The minimum Gasteiger partial charge on any atom is -0.380 e. The van der Waals surface area contributed by atoms with E-state index in [0.29, 0.717) is 32.2 Å². The Labute approximate surface area is 118 Å². The van der Waals surface area contributed by atoms with Crippen LogP contribution in [-0.4, -0.2) is 46.5 Å². The van der Waals surface area contributed by atoms with Gasteiger partial charge in [0.25, 0.3) is 0 Å². The molecule has 0 aromatic rings. The van der Waals surface area contributed by atoms with Crippen molar-refractivity contribution in [2.45, 2.75) is 52.5 Å². The Balaban J connectivity index is 3.47. The van der Waals surface area contributed by atoms with Crippen molar-refractivity contribution in [1.29, 1.82) is 0 Å². The third-order valence-corrected chi connectivity index (χ3v) is 4.07. The highest BCUT2D eigenvalue weighted by Gasteiger charge is 2.08. The van der Waals surface area contributed by atoms with Crippen molar-refractivity contribution < 1.29 is 13.2 Å². The predicted octanol–water partition coefficient (Wildman–Crippen LogP) is 1.50. The summed E-state index contributed by atoms with van der Waals surface area (Å²) in [6.07, 6.45) is 3.68. The minimum absolute atomic E-state index is 0.196. The van der Waals surface area contributed by atoms with Crippen LogP contribution in [0.1, 0.15) is 46.5 Å². The van der Waals surface area contributed by atoms with Gasteiger partial charge in [0.05, 0.1) is 12.4 Å². The molecule has 0 rings (SSSR count). The molecule has 0 aromatic carbocycles. The molecule has 0 fully saturated rings. The van der Waals surface area contributed by atoms with E-state index in [2.05, 4.69) is 30.8 Å². The monoisotopic (exact) mass is 294 g/mol. The van der Waals surface area contributed by atoms with Gasteiger partial charge in [-0.2, -0.15) is 0 Å². The highest BCUT2D eigenvalue weighted by Crippen LogP contribution is 1.94. The summed E-state index contributed by atoms with van der Waals surface area (Å²) in [6.45, 7) is 8.66. The number of hydrogen-bond donors (Lipinski definition) is 2. The molecule has 0 spiro atoms. The fourth-order valence-corrected chi connectivity index (χ4v) is 2.62. The van der Waals surface area contributed by atoms with E-state index in [9.17, 15) is 8.42 Å². The molecular weight excluding hydrogens is 264 g/mol. The molecule has 0 saturated carbocycles. The summed E-state index contributed by atoms with van der Waals surface area (Å²) in [6, 6.07) is 0.454. The van der Waals surface area contributed by atoms with Gasteiger partial charge in [-0.25, -0.2) is 13.1 Å². The molecule has 0 heterocycles. The molecule has 0 radical (unpaired) electrons. The first-order valence-corrected chi connectivity index (χ1v) is 8.91. The van der Waals surface area contributed by atoms with Crippen LogP contribution in [0, 0.1) is 0 Å². The lowest BCUT2D eigenvalue weighted by Crippen LogP contribution is -2.30. The molecule has 0 bridgehead atoms. The van der Waals surface area contributed by atoms with E-state index >= 15 is 0 Å². The zero-order valence-electron chi connectivity index (χ0n) is 12.6. The zero-order chi connectivity index (χ0) is 14.6. The van der Waals surface area contributed by atoms with Gasteiger partial charge in [-0.1, -0.05) is 27.2 Å². The number of sulfonamides is 1. The lowest BCUT2D eigenvalue weighted by atomic mass is 10.3. The Morgan fingerprint density at radius 3 is 2.42 bits per heavy atom. The first-order valence-electron chi connectivity index (χ1n) is 7.26. The van der Waals surface area contributed by atoms with Crippen LogP contribution >= 0.6 is 0 Å². The average Bonchev–Trinajstić information content (AvgIpc) is 2.32. The first-order chi connectivity index (χ1) is 8.98. The molecule has 0 unspecified atom stereocenters. The molecule has 0 aliphatic carbocycles. The number of unbranched alkanes of at least 4 members (excludes halogenated alkanes) is 2. The van der Waals surface area contributed by atoms with Crippen LogP contribution in [0.25, 0.3) is 0 Å². The minimum atomic E-state index is -3.13. The number of ether oxygens (including phenoxy) is 1. The molecule has 2 N–H and O–H groups in total. The van der Waals surface area contributed by atoms with Crippen LogP contribution < -0.4 is 10.0 Å². The third-order valence-electron chi connectivity index (χ3n) is 2.60. The Bertz CT molecular complexity index is 292. The quantitative estimate of drug-likeness (QED) is 0.505. The molecule has 0 amide bonds. The fraction of sp³-hybridized carbons (Fsp3) is 1.00. The van der Waals surface area contributed by atoms with Gasteiger partial charge in [0.1, 0.15) is 0 Å². The fourth-order valence-electron chi connectivity index (χ4n) is 1.50. The molecule has 6 heteroatoms. The second-order valence-electron chi connectivity index (χ2n) is 5.00. The van der Waals surface area contributed by atoms with E-state index in [0.717, 1.165) is 25.8 Å². The van der Waals surface area contributed by atoms with Crippen LogP contribution in [0.4, 0.5) is 0 Å². The van der Waals surface area contributed by atoms with Gasteiger partial charge in [-0.05, 0) is 25.8 Å². The molecule has 0 aliphatic heterocycles. The van der Waals surface area contributed by atoms with E-state index in [1.165, 1.54) is 0 Å². The summed E-state index contributed by atoms with van der Waals surface area (Å²) >= 11 is 0. The lowest BCUT2D eigenvalue weighted by Gasteiger charge is -2.09. The highest BCUT2D eigenvalue weighted by molar-refractivity contribution is 7.89. The summed E-state index contributed by atoms with van der Waals surface area (Å²) in [5.41, 5.74) is 0.